The highest BCUT2D eigenvalue weighted by Gasteiger charge is 2.26. The van der Waals surface area contributed by atoms with Crippen LogP contribution in [0.5, 0.6) is 5.75 Å². The molecule has 2 aromatic carbocycles. The van der Waals surface area contributed by atoms with Crippen LogP contribution in [0.15, 0.2) is 66.8 Å². The van der Waals surface area contributed by atoms with E-state index in [-0.39, 0.29) is 35.6 Å². The largest absolute Gasteiger partial charge is 0.507 e. The molecular weight excluding hydrogens is 436 g/mol. The highest BCUT2D eigenvalue weighted by molar-refractivity contribution is 5.94. The normalized spacial score (nSPS) is 22.0. The van der Waals surface area contributed by atoms with Gasteiger partial charge in [0.2, 0.25) is 0 Å². The van der Waals surface area contributed by atoms with Gasteiger partial charge in [-0.05, 0) is 54.2 Å². The number of hydrogen-bond acceptors (Lipinski definition) is 7. The Hall–Kier alpha value is -3.96. The first-order valence-corrected chi connectivity index (χ1v) is 11.0. The second-order valence-corrected chi connectivity index (χ2v) is 8.14. The van der Waals surface area contributed by atoms with Gasteiger partial charge in [-0.25, -0.2) is 4.79 Å². The van der Waals surface area contributed by atoms with Crippen LogP contribution in [0, 0.1) is 27.4 Å². The fraction of sp³-hybridized carbons (Fsp3) is 0.308. The van der Waals surface area contributed by atoms with E-state index < -0.39 is 17.0 Å². The van der Waals surface area contributed by atoms with Gasteiger partial charge in [0.25, 0.3) is 5.69 Å². The topological polar surface area (TPSA) is 123 Å². The number of aromatic hydroxyl groups is 1. The molecule has 0 aromatic heterocycles. The van der Waals surface area contributed by atoms with Crippen LogP contribution in [0.4, 0.5) is 5.69 Å². The summed E-state index contributed by atoms with van der Waals surface area (Å²) < 4.78 is 11.9. The summed E-state index contributed by atoms with van der Waals surface area (Å²) in [5, 5.41) is 30.2. The van der Waals surface area contributed by atoms with Gasteiger partial charge in [0.1, 0.15) is 17.4 Å². The Morgan fingerprint density at radius 1 is 1.26 bits per heavy atom. The molecule has 3 rings (SSSR count). The van der Waals surface area contributed by atoms with E-state index in [1.807, 2.05) is 25.1 Å². The maximum atomic E-state index is 13.0. The fourth-order valence-corrected chi connectivity index (χ4v) is 3.79. The van der Waals surface area contributed by atoms with Crippen molar-refractivity contribution in [3.63, 3.8) is 0 Å². The number of carbonyl (C=O) groups is 1. The number of ether oxygens (including phenoxy) is 2. The lowest BCUT2D eigenvalue weighted by Crippen LogP contribution is -2.29. The van der Waals surface area contributed by atoms with E-state index in [9.17, 15) is 20.0 Å². The van der Waals surface area contributed by atoms with Crippen LogP contribution >= 0.6 is 0 Å². The molecule has 1 heterocycles. The maximum Gasteiger partial charge on any atom is 0.342 e. The van der Waals surface area contributed by atoms with Crippen LogP contribution in [-0.2, 0) is 22.5 Å². The number of phenolic OH excluding ortho intramolecular Hbond substituents is 1. The molecule has 0 fully saturated rings. The Kier molecular flexibility index (Phi) is 8.54. The predicted octanol–water partition coefficient (Wildman–Crippen LogP) is 5.02. The Balaban J connectivity index is 1.84. The second-order valence-electron chi connectivity index (χ2n) is 8.14. The Bertz CT molecular complexity index is 1120. The molecule has 0 aliphatic carbocycles. The summed E-state index contributed by atoms with van der Waals surface area (Å²) in [6.07, 6.45) is 7.13. The minimum absolute atomic E-state index is 0.00501. The Morgan fingerprint density at radius 3 is 2.74 bits per heavy atom. The number of nitriles is 1. The van der Waals surface area contributed by atoms with Crippen LogP contribution in [0.3, 0.4) is 0 Å². The molecule has 8 heteroatoms. The van der Waals surface area contributed by atoms with Gasteiger partial charge in [-0.3, -0.25) is 10.1 Å². The summed E-state index contributed by atoms with van der Waals surface area (Å²) in [4.78, 5) is 23.4. The second kappa shape index (κ2) is 11.8. The fourth-order valence-electron chi connectivity index (χ4n) is 3.79. The summed E-state index contributed by atoms with van der Waals surface area (Å²) >= 11 is 0. The van der Waals surface area contributed by atoms with Crippen molar-refractivity contribution in [1.29, 1.82) is 5.26 Å². The molecular formula is C26H26N2O6. The number of cyclic esters (lactones) is 1. The number of hydrogen-bond donors (Lipinski definition) is 1. The highest BCUT2D eigenvalue weighted by Crippen LogP contribution is 2.27. The third kappa shape index (κ3) is 6.53. The van der Waals surface area contributed by atoms with Crippen molar-refractivity contribution in [1.82, 2.24) is 0 Å². The molecule has 0 spiro atoms. The molecule has 0 bridgehead atoms. The van der Waals surface area contributed by atoms with Gasteiger partial charge in [0, 0.05) is 24.6 Å². The monoisotopic (exact) mass is 462 g/mol. The van der Waals surface area contributed by atoms with Gasteiger partial charge in [-0.15, -0.1) is 0 Å². The van der Waals surface area contributed by atoms with E-state index in [4.69, 9.17) is 14.7 Å². The average molecular weight is 463 g/mol. The molecule has 2 aromatic rings. The minimum atomic E-state index is -0.743. The van der Waals surface area contributed by atoms with Crippen LogP contribution in [0.2, 0.25) is 0 Å². The summed E-state index contributed by atoms with van der Waals surface area (Å²) in [6, 6.07) is 12.9. The summed E-state index contributed by atoms with van der Waals surface area (Å²) in [6.45, 7) is 2.26. The zero-order valence-corrected chi connectivity index (χ0v) is 18.8. The van der Waals surface area contributed by atoms with Gasteiger partial charge >= 0.3 is 5.97 Å². The zero-order chi connectivity index (χ0) is 24.5. The molecule has 0 radical (unpaired) electrons. The predicted molar refractivity (Wildman–Crippen MR) is 125 cm³/mol. The number of fused-ring (bicyclic) bond motifs is 1. The third-order valence-electron chi connectivity index (χ3n) is 5.70. The first-order chi connectivity index (χ1) is 16.4. The molecule has 3 atom stereocenters. The number of phenols is 1. The van der Waals surface area contributed by atoms with Gasteiger partial charge in [-0.2, -0.15) is 5.26 Å². The number of nitro benzene ring substituents is 1. The third-order valence-corrected chi connectivity index (χ3v) is 5.70. The quantitative estimate of drug-likeness (QED) is 0.218. The van der Waals surface area contributed by atoms with Crippen molar-refractivity contribution >= 4 is 11.7 Å². The molecule has 0 saturated heterocycles. The average Bonchev–Trinajstić information content (AvgIpc) is 2.82. The number of nitro groups is 1. The van der Waals surface area contributed by atoms with Crippen LogP contribution in [-0.4, -0.2) is 28.2 Å². The van der Waals surface area contributed by atoms with Crippen molar-refractivity contribution in [2.24, 2.45) is 5.92 Å². The van der Waals surface area contributed by atoms with E-state index in [2.05, 4.69) is 0 Å². The molecule has 1 aliphatic rings. The zero-order valence-electron chi connectivity index (χ0n) is 18.8. The number of allylic oxidation sites excluding steroid dienone is 3. The lowest BCUT2D eigenvalue weighted by atomic mass is 9.94. The number of benzene rings is 2. The summed E-state index contributed by atoms with van der Waals surface area (Å²) in [5.74, 6) is -0.763. The first kappa shape index (κ1) is 24.7. The summed E-state index contributed by atoms with van der Waals surface area (Å²) in [7, 11) is 0. The molecule has 34 heavy (non-hydrogen) atoms. The number of nitrogens with zero attached hydrogens (tertiary/aromatic N) is 2. The standard InChI is InChI=1S/C26H26N2O6/c1-18-6-2-3-7-20-8-4-10-23(29)25(20)26(30)34-22(9-5-15-27)16-24(18)33-17-19-11-13-21(14-12-19)28(31)32/h2-5,8-14,18,22,24,29H,6-7,16-17H2,1H3/b3-2+,9-5+/t18-,22-,24+/m0/s1. The molecule has 0 saturated carbocycles. The van der Waals surface area contributed by atoms with Gasteiger partial charge < -0.3 is 14.6 Å². The Morgan fingerprint density at radius 2 is 2.03 bits per heavy atom. The van der Waals surface area contributed by atoms with Gasteiger partial charge in [0.05, 0.1) is 23.7 Å². The molecule has 1 N–H and O–H groups in total. The summed E-state index contributed by atoms with van der Waals surface area (Å²) in [5.41, 5.74) is 1.55. The molecule has 1 aliphatic heterocycles. The van der Waals surface area contributed by atoms with Gasteiger partial charge in [0.15, 0.2) is 0 Å². The van der Waals surface area contributed by atoms with Crippen LogP contribution in [0.1, 0.15) is 41.3 Å². The first-order valence-electron chi connectivity index (χ1n) is 11.0. The van der Waals surface area contributed by atoms with E-state index in [1.165, 1.54) is 30.4 Å². The molecule has 0 unspecified atom stereocenters. The highest BCUT2D eigenvalue weighted by atomic mass is 16.6. The molecule has 8 nitrogen and oxygen atoms in total. The Labute approximate surface area is 197 Å². The van der Waals surface area contributed by atoms with Crippen molar-refractivity contribution < 1.29 is 24.3 Å². The molecule has 0 amide bonds. The van der Waals surface area contributed by atoms with E-state index in [0.717, 1.165) is 5.56 Å². The van der Waals surface area contributed by atoms with E-state index in [1.54, 1.807) is 24.3 Å². The van der Waals surface area contributed by atoms with Crippen LogP contribution in [0.25, 0.3) is 0 Å². The number of non-ortho nitro benzene ring substituents is 1. The van der Waals surface area contributed by atoms with Crippen molar-refractivity contribution in [3.8, 4) is 11.8 Å². The smallest absolute Gasteiger partial charge is 0.342 e. The van der Waals surface area contributed by atoms with Crippen molar-refractivity contribution in [3.05, 3.63) is 93.6 Å². The molecule has 176 valence electrons. The van der Waals surface area contributed by atoms with Crippen LogP contribution < -0.4 is 0 Å². The minimum Gasteiger partial charge on any atom is -0.507 e. The van der Waals surface area contributed by atoms with E-state index in [0.29, 0.717) is 24.8 Å². The maximum absolute atomic E-state index is 13.0. The van der Waals surface area contributed by atoms with Crippen molar-refractivity contribution in [2.45, 2.75) is 45.0 Å². The van der Waals surface area contributed by atoms with E-state index >= 15 is 0 Å². The van der Waals surface area contributed by atoms with Crippen molar-refractivity contribution in [2.75, 3.05) is 0 Å². The number of carbonyl (C=O) groups excluding carboxylic acids is 1. The number of rotatable bonds is 5. The number of esters is 1. The lowest BCUT2D eigenvalue weighted by Gasteiger charge is -2.27. The van der Waals surface area contributed by atoms with Gasteiger partial charge in [-0.1, -0.05) is 31.2 Å². The lowest BCUT2D eigenvalue weighted by molar-refractivity contribution is -0.384. The SMILES string of the molecule is C[C@H]1C/C=C/Cc2cccc(O)c2C(=O)O[C@@H](/C=C/C#N)C[C@H]1OCc1ccc([N+](=O)[O-])cc1.